The van der Waals surface area contributed by atoms with Crippen molar-refractivity contribution in [1.82, 2.24) is 10.3 Å². The number of hydrogen-bond acceptors (Lipinski definition) is 2. The van der Waals surface area contributed by atoms with E-state index in [1.165, 1.54) is 19.4 Å². The van der Waals surface area contributed by atoms with Gasteiger partial charge in [-0.1, -0.05) is 6.42 Å². The van der Waals surface area contributed by atoms with Gasteiger partial charge in [-0.05, 0) is 37.8 Å². The lowest BCUT2D eigenvalue weighted by atomic mass is 9.85. The zero-order valence-corrected chi connectivity index (χ0v) is 10.5. The first kappa shape index (κ1) is 13.8. The summed E-state index contributed by atoms with van der Waals surface area (Å²) in [7, 11) is 0. The van der Waals surface area contributed by atoms with Crippen LogP contribution in [0.1, 0.15) is 41.0 Å². The monoisotopic (exact) mass is 272 g/mol. The number of aryl methyl sites for hydroxylation is 1. The molecule has 0 saturated heterocycles. The molecule has 1 saturated carbocycles. The predicted octanol–water partition coefficient (Wildman–Crippen LogP) is 2.94. The fraction of sp³-hybridized carbons (Fsp3) is 0.538. The van der Waals surface area contributed by atoms with Gasteiger partial charge in [-0.2, -0.15) is 13.2 Å². The first-order valence-corrected chi connectivity index (χ1v) is 6.21. The van der Waals surface area contributed by atoms with Gasteiger partial charge in [0.25, 0.3) is 5.91 Å². The molecule has 0 aromatic carbocycles. The Kier molecular flexibility index (Phi) is 3.78. The van der Waals surface area contributed by atoms with Crippen molar-refractivity contribution in [3.8, 4) is 0 Å². The van der Waals surface area contributed by atoms with Crippen molar-refractivity contribution in [3.05, 3.63) is 29.1 Å². The molecule has 1 aromatic rings. The van der Waals surface area contributed by atoms with E-state index >= 15 is 0 Å². The van der Waals surface area contributed by atoms with Crippen LogP contribution < -0.4 is 5.32 Å². The van der Waals surface area contributed by atoms with E-state index in [2.05, 4.69) is 10.3 Å². The number of amides is 1. The second kappa shape index (κ2) is 5.19. The summed E-state index contributed by atoms with van der Waals surface area (Å²) in [4.78, 5) is 15.3. The number of carbonyl (C=O) groups is 1. The van der Waals surface area contributed by atoms with Crippen LogP contribution in [0.3, 0.4) is 0 Å². The fourth-order valence-electron chi connectivity index (χ4n) is 1.99. The lowest BCUT2D eigenvalue weighted by Crippen LogP contribution is -2.32. The van der Waals surface area contributed by atoms with E-state index < -0.39 is 11.9 Å². The van der Waals surface area contributed by atoms with E-state index in [9.17, 15) is 18.0 Å². The normalized spacial score (nSPS) is 16.0. The third-order valence-electron chi connectivity index (χ3n) is 3.40. The van der Waals surface area contributed by atoms with Crippen LogP contribution in [0.5, 0.6) is 0 Å². The molecule has 0 unspecified atom stereocenters. The molecule has 2 rings (SSSR count). The Labute approximate surface area is 109 Å². The maximum absolute atomic E-state index is 12.4. The molecule has 1 fully saturated rings. The molecular formula is C13H15F3N2O. The molecule has 3 nitrogen and oxygen atoms in total. The summed E-state index contributed by atoms with van der Waals surface area (Å²) in [6.45, 7) is 1.99. The highest BCUT2D eigenvalue weighted by Gasteiger charge is 2.33. The number of nitrogens with zero attached hydrogens (tertiary/aromatic N) is 1. The molecular weight excluding hydrogens is 257 g/mol. The summed E-state index contributed by atoms with van der Waals surface area (Å²) in [5, 5.41) is 2.74. The van der Waals surface area contributed by atoms with Crippen molar-refractivity contribution in [1.29, 1.82) is 0 Å². The molecule has 104 valence electrons. The summed E-state index contributed by atoms with van der Waals surface area (Å²) in [6, 6.07) is 2.02. The Morgan fingerprint density at radius 3 is 2.58 bits per heavy atom. The lowest BCUT2D eigenvalue weighted by Gasteiger charge is -2.25. The third kappa shape index (κ3) is 3.24. The average molecular weight is 272 g/mol. The van der Waals surface area contributed by atoms with Crippen LogP contribution in [-0.4, -0.2) is 17.4 Å². The Hall–Kier alpha value is -1.59. The van der Waals surface area contributed by atoms with Crippen LogP contribution in [0.25, 0.3) is 0 Å². The highest BCUT2D eigenvalue weighted by atomic mass is 19.4. The van der Waals surface area contributed by atoms with Gasteiger partial charge in [-0.25, -0.2) is 4.98 Å². The second-order valence-corrected chi connectivity index (χ2v) is 4.83. The van der Waals surface area contributed by atoms with E-state index in [4.69, 9.17) is 0 Å². The lowest BCUT2D eigenvalue weighted by molar-refractivity contribution is -0.141. The van der Waals surface area contributed by atoms with Gasteiger partial charge in [0, 0.05) is 6.54 Å². The number of nitrogens with one attached hydrogen (secondary N) is 1. The molecule has 0 bridgehead atoms. The molecule has 6 heteroatoms. The van der Waals surface area contributed by atoms with Crippen molar-refractivity contribution >= 4 is 5.91 Å². The van der Waals surface area contributed by atoms with Crippen molar-refractivity contribution < 1.29 is 18.0 Å². The largest absolute Gasteiger partial charge is 0.433 e. The van der Waals surface area contributed by atoms with E-state index in [1.807, 2.05) is 0 Å². The summed E-state index contributed by atoms with van der Waals surface area (Å²) in [6.07, 6.45) is -1.10. The first-order chi connectivity index (χ1) is 8.88. The molecule has 0 radical (unpaired) electrons. The Balaban J connectivity index is 2.05. The molecule has 0 atom stereocenters. The quantitative estimate of drug-likeness (QED) is 0.919. The van der Waals surface area contributed by atoms with Crippen LogP contribution in [-0.2, 0) is 6.18 Å². The molecule has 0 spiro atoms. The van der Waals surface area contributed by atoms with Gasteiger partial charge in [-0.3, -0.25) is 4.79 Å². The maximum atomic E-state index is 12.4. The van der Waals surface area contributed by atoms with Gasteiger partial charge in [-0.15, -0.1) is 0 Å². The zero-order valence-electron chi connectivity index (χ0n) is 10.5. The number of pyridine rings is 1. The average Bonchev–Trinajstić information content (AvgIpc) is 2.25. The number of carbonyl (C=O) groups excluding carboxylic acids is 1. The number of rotatable bonds is 3. The van der Waals surface area contributed by atoms with E-state index in [0.29, 0.717) is 12.5 Å². The van der Waals surface area contributed by atoms with Gasteiger partial charge in [0.05, 0.1) is 11.3 Å². The van der Waals surface area contributed by atoms with Crippen molar-refractivity contribution in [2.24, 2.45) is 5.92 Å². The number of alkyl halides is 3. The molecule has 1 aliphatic carbocycles. The van der Waals surface area contributed by atoms with E-state index in [-0.39, 0.29) is 17.2 Å². The summed E-state index contributed by atoms with van der Waals surface area (Å²) < 4.78 is 37.3. The number of hydrogen-bond donors (Lipinski definition) is 1. The predicted molar refractivity (Wildman–Crippen MR) is 63.7 cm³/mol. The van der Waals surface area contributed by atoms with Crippen LogP contribution in [0, 0.1) is 12.8 Å². The van der Waals surface area contributed by atoms with Crippen LogP contribution in [0.2, 0.25) is 0 Å². The van der Waals surface area contributed by atoms with Gasteiger partial charge in [0.1, 0.15) is 5.69 Å². The summed E-state index contributed by atoms with van der Waals surface area (Å²) in [5.41, 5.74) is -0.672. The fourth-order valence-corrected chi connectivity index (χ4v) is 1.99. The minimum Gasteiger partial charge on any atom is -0.352 e. The van der Waals surface area contributed by atoms with Crippen molar-refractivity contribution in [2.75, 3.05) is 6.54 Å². The number of aromatic nitrogens is 1. The van der Waals surface area contributed by atoms with Crippen LogP contribution in [0.4, 0.5) is 13.2 Å². The SMILES string of the molecule is Cc1nc(C(F)(F)F)ccc1C(=O)NCC1CCC1. The molecule has 1 amide bonds. The minimum absolute atomic E-state index is 0.0981. The molecule has 1 aliphatic rings. The van der Waals surface area contributed by atoms with Crippen molar-refractivity contribution in [3.63, 3.8) is 0 Å². The van der Waals surface area contributed by atoms with Gasteiger partial charge in [0.2, 0.25) is 0 Å². The molecule has 19 heavy (non-hydrogen) atoms. The zero-order chi connectivity index (χ0) is 14.0. The van der Waals surface area contributed by atoms with E-state index in [1.54, 1.807) is 0 Å². The molecule has 1 heterocycles. The third-order valence-corrected chi connectivity index (χ3v) is 3.40. The molecule has 0 aliphatic heterocycles. The minimum atomic E-state index is -4.48. The number of halogens is 3. The molecule has 1 N–H and O–H groups in total. The van der Waals surface area contributed by atoms with Gasteiger partial charge >= 0.3 is 6.18 Å². The van der Waals surface area contributed by atoms with Crippen molar-refractivity contribution in [2.45, 2.75) is 32.4 Å². The highest BCUT2D eigenvalue weighted by molar-refractivity contribution is 5.95. The van der Waals surface area contributed by atoms with Gasteiger partial charge < -0.3 is 5.32 Å². The first-order valence-electron chi connectivity index (χ1n) is 6.21. The summed E-state index contributed by atoms with van der Waals surface area (Å²) in [5.74, 6) is 0.150. The Morgan fingerprint density at radius 1 is 1.42 bits per heavy atom. The Morgan fingerprint density at radius 2 is 2.11 bits per heavy atom. The summed E-state index contributed by atoms with van der Waals surface area (Å²) >= 11 is 0. The van der Waals surface area contributed by atoms with Gasteiger partial charge in [0.15, 0.2) is 0 Å². The topological polar surface area (TPSA) is 42.0 Å². The van der Waals surface area contributed by atoms with Crippen LogP contribution in [0.15, 0.2) is 12.1 Å². The second-order valence-electron chi connectivity index (χ2n) is 4.83. The molecule has 1 aromatic heterocycles. The smallest absolute Gasteiger partial charge is 0.352 e. The van der Waals surface area contributed by atoms with Crippen LogP contribution >= 0.6 is 0 Å². The highest BCUT2D eigenvalue weighted by Crippen LogP contribution is 2.28. The standard InChI is InChI=1S/C13H15F3N2O/c1-8-10(5-6-11(18-8)13(14,15)16)12(19)17-7-9-3-2-4-9/h5-6,9H,2-4,7H2,1H3,(H,17,19). The Bertz CT molecular complexity index is 481. The maximum Gasteiger partial charge on any atom is 0.433 e. The van der Waals surface area contributed by atoms with E-state index in [0.717, 1.165) is 18.9 Å².